The standard InChI is InChI=1S/C21H11ClOS2/c22-15-11-10-14-19(17(15)18(23)12-6-2-1-3-7-12)25-20-13-8-4-5-9-16(13)24-21(14)20/h1-11H. The van der Waals surface area contributed by atoms with E-state index in [0.717, 1.165) is 10.1 Å². The summed E-state index contributed by atoms with van der Waals surface area (Å²) in [6.07, 6.45) is 0. The fourth-order valence-electron chi connectivity index (χ4n) is 3.19. The van der Waals surface area contributed by atoms with Crippen LogP contribution in [0.15, 0.2) is 66.7 Å². The third-order valence-electron chi connectivity index (χ3n) is 4.37. The van der Waals surface area contributed by atoms with Crippen molar-refractivity contribution in [3.05, 3.63) is 82.9 Å². The van der Waals surface area contributed by atoms with Crippen LogP contribution in [-0.4, -0.2) is 5.78 Å². The zero-order valence-electron chi connectivity index (χ0n) is 13.0. The van der Waals surface area contributed by atoms with E-state index in [2.05, 4.69) is 24.3 Å². The molecule has 0 fully saturated rings. The Hall–Kier alpha value is -2.20. The van der Waals surface area contributed by atoms with Crippen molar-refractivity contribution < 1.29 is 4.79 Å². The van der Waals surface area contributed by atoms with E-state index in [1.807, 2.05) is 42.5 Å². The highest BCUT2D eigenvalue weighted by molar-refractivity contribution is 7.36. The second-order valence-corrected chi connectivity index (χ2v) is 8.33. The lowest BCUT2D eigenvalue weighted by Gasteiger charge is -2.05. The lowest BCUT2D eigenvalue weighted by Crippen LogP contribution is -2.02. The largest absolute Gasteiger partial charge is 0.289 e. The summed E-state index contributed by atoms with van der Waals surface area (Å²) in [6.45, 7) is 0. The van der Waals surface area contributed by atoms with Crippen LogP contribution in [-0.2, 0) is 0 Å². The molecule has 0 radical (unpaired) electrons. The Balaban J connectivity index is 1.85. The van der Waals surface area contributed by atoms with E-state index in [0.29, 0.717) is 16.1 Å². The predicted molar refractivity (Wildman–Crippen MR) is 110 cm³/mol. The molecule has 0 spiro atoms. The minimum atomic E-state index is -0.0191. The maximum absolute atomic E-state index is 13.1. The monoisotopic (exact) mass is 378 g/mol. The Morgan fingerprint density at radius 3 is 2.28 bits per heavy atom. The summed E-state index contributed by atoms with van der Waals surface area (Å²) in [5.74, 6) is -0.0191. The van der Waals surface area contributed by atoms with Gasteiger partial charge in [0.15, 0.2) is 5.78 Å². The zero-order valence-corrected chi connectivity index (χ0v) is 15.3. The smallest absolute Gasteiger partial charge is 0.195 e. The van der Waals surface area contributed by atoms with Gasteiger partial charge in [-0.2, -0.15) is 0 Å². The Labute approximate surface area is 157 Å². The minimum Gasteiger partial charge on any atom is -0.289 e. The zero-order chi connectivity index (χ0) is 17.0. The third kappa shape index (κ3) is 2.24. The first-order chi connectivity index (χ1) is 12.2. The van der Waals surface area contributed by atoms with Gasteiger partial charge < -0.3 is 0 Å². The van der Waals surface area contributed by atoms with Crippen LogP contribution in [0.1, 0.15) is 15.9 Å². The normalized spacial score (nSPS) is 11.6. The van der Waals surface area contributed by atoms with E-state index in [-0.39, 0.29) is 5.78 Å². The highest BCUT2D eigenvalue weighted by atomic mass is 35.5. The summed E-state index contributed by atoms with van der Waals surface area (Å²) >= 11 is 9.89. The second-order valence-electron chi connectivity index (χ2n) is 5.85. The number of carbonyl (C=O) groups is 1. The number of fused-ring (bicyclic) bond motifs is 5. The molecule has 5 aromatic rings. The summed E-state index contributed by atoms with van der Waals surface area (Å²) in [6, 6.07) is 21.6. The van der Waals surface area contributed by atoms with Gasteiger partial charge >= 0.3 is 0 Å². The average molecular weight is 379 g/mol. The van der Waals surface area contributed by atoms with Gasteiger partial charge in [-0.05, 0) is 12.1 Å². The molecule has 5 rings (SSSR count). The first kappa shape index (κ1) is 15.1. The van der Waals surface area contributed by atoms with Crippen LogP contribution in [0.4, 0.5) is 0 Å². The van der Waals surface area contributed by atoms with E-state index in [1.54, 1.807) is 22.7 Å². The number of hydrogen-bond acceptors (Lipinski definition) is 3. The van der Waals surface area contributed by atoms with Gasteiger partial charge in [0, 0.05) is 25.7 Å². The van der Waals surface area contributed by atoms with Crippen molar-refractivity contribution in [3.8, 4) is 0 Å². The van der Waals surface area contributed by atoms with Crippen LogP contribution >= 0.6 is 34.3 Å². The molecule has 0 aliphatic carbocycles. The Bertz CT molecular complexity index is 1270. The van der Waals surface area contributed by atoms with E-state index in [1.165, 1.54) is 19.5 Å². The highest BCUT2D eigenvalue weighted by Crippen LogP contribution is 2.46. The molecule has 0 amide bonds. The van der Waals surface area contributed by atoms with Gasteiger partial charge in [-0.25, -0.2) is 0 Å². The molecule has 0 aliphatic rings. The number of hydrogen-bond donors (Lipinski definition) is 0. The van der Waals surface area contributed by atoms with Gasteiger partial charge in [-0.15, -0.1) is 22.7 Å². The van der Waals surface area contributed by atoms with E-state index in [4.69, 9.17) is 11.6 Å². The quantitative estimate of drug-likeness (QED) is 0.298. The summed E-state index contributed by atoms with van der Waals surface area (Å²) < 4.78 is 4.73. The molecular weight excluding hydrogens is 368 g/mol. The number of rotatable bonds is 2. The molecule has 0 aliphatic heterocycles. The van der Waals surface area contributed by atoms with Crippen molar-refractivity contribution in [1.82, 2.24) is 0 Å². The Kier molecular flexibility index (Phi) is 3.42. The topological polar surface area (TPSA) is 17.1 Å². The van der Waals surface area contributed by atoms with Crippen molar-refractivity contribution in [2.75, 3.05) is 0 Å². The summed E-state index contributed by atoms with van der Waals surface area (Å²) in [4.78, 5) is 13.1. The van der Waals surface area contributed by atoms with Crippen LogP contribution < -0.4 is 0 Å². The number of benzene rings is 3. The van der Waals surface area contributed by atoms with E-state index < -0.39 is 0 Å². The van der Waals surface area contributed by atoms with Crippen LogP contribution in [0.5, 0.6) is 0 Å². The molecule has 3 aromatic carbocycles. The number of halogens is 1. The minimum absolute atomic E-state index is 0.0191. The molecule has 0 N–H and O–H groups in total. The van der Waals surface area contributed by atoms with Gasteiger partial charge in [-0.1, -0.05) is 66.2 Å². The van der Waals surface area contributed by atoms with Crippen molar-refractivity contribution in [1.29, 1.82) is 0 Å². The maximum Gasteiger partial charge on any atom is 0.195 e. The average Bonchev–Trinajstić information content (AvgIpc) is 3.18. The Morgan fingerprint density at radius 1 is 0.720 bits per heavy atom. The molecule has 2 heterocycles. The molecule has 120 valence electrons. The molecule has 0 bridgehead atoms. The van der Waals surface area contributed by atoms with Crippen molar-refractivity contribution in [2.45, 2.75) is 0 Å². The molecule has 4 heteroatoms. The molecule has 2 aromatic heterocycles. The van der Waals surface area contributed by atoms with Crippen molar-refractivity contribution in [2.24, 2.45) is 0 Å². The molecule has 0 saturated carbocycles. The number of carbonyl (C=O) groups excluding carboxylic acids is 1. The molecule has 1 nitrogen and oxygen atoms in total. The number of thiophene rings is 2. The lowest BCUT2D eigenvalue weighted by atomic mass is 10.0. The predicted octanol–water partition coefficient (Wildman–Crippen LogP) is 7.15. The molecular formula is C21H11ClOS2. The Morgan fingerprint density at radius 2 is 1.44 bits per heavy atom. The molecule has 0 atom stereocenters. The summed E-state index contributed by atoms with van der Waals surface area (Å²) in [7, 11) is 0. The first-order valence-corrected chi connectivity index (χ1v) is 9.87. The van der Waals surface area contributed by atoms with Crippen molar-refractivity contribution in [3.63, 3.8) is 0 Å². The molecule has 0 saturated heterocycles. The van der Waals surface area contributed by atoms with Gasteiger partial charge in [-0.3, -0.25) is 4.79 Å². The molecule has 0 unspecified atom stereocenters. The van der Waals surface area contributed by atoms with E-state index >= 15 is 0 Å². The third-order valence-corrected chi connectivity index (χ3v) is 7.27. The fourth-order valence-corrected chi connectivity index (χ4v) is 6.28. The molecule has 25 heavy (non-hydrogen) atoms. The first-order valence-electron chi connectivity index (χ1n) is 7.86. The van der Waals surface area contributed by atoms with Crippen LogP contribution in [0, 0.1) is 0 Å². The van der Waals surface area contributed by atoms with Crippen molar-refractivity contribution >= 4 is 69.6 Å². The van der Waals surface area contributed by atoms with Crippen LogP contribution in [0.25, 0.3) is 29.6 Å². The maximum atomic E-state index is 13.1. The van der Waals surface area contributed by atoms with Crippen LogP contribution in [0.3, 0.4) is 0 Å². The lowest BCUT2D eigenvalue weighted by molar-refractivity contribution is 0.104. The SMILES string of the molecule is O=C(c1ccccc1)c1c(Cl)ccc2c1sc1c3ccccc3sc21. The van der Waals surface area contributed by atoms with Gasteiger partial charge in [0.2, 0.25) is 0 Å². The van der Waals surface area contributed by atoms with Gasteiger partial charge in [0.25, 0.3) is 0 Å². The summed E-state index contributed by atoms with van der Waals surface area (Å²) in [5, 5.41) is 2.88. The number of ketones is 1. The van der Waals surface area contributed by atoms with Gasteiger partial charge in [0.05, 0.1) is 20.0 Å². The second kappa shape index (κ2) is 5.67. The highest BCUT2D eigenvalue weighted by Gasteiger charge is 2.21. The van der Waals surface area contributed by atoms with Crippen LogP contribution in [0.2, 0.25) is 5.02 Å². The summed E-state index contributed by atoms with van der Waals surface area (Å²) in [5.41, 5.74) is 1.28. The van der Waals surface area contributed by atoms with E-state index in [9.17, 15) is 4.79 Å². The fraction of sp³-hybridized carbons (Fsp3) is 0. The van der Waals surface area contributed by atoms with Gasteiger partial charge in [0.1, 0.15) is 0 Å².